The average Bonchev–Trinajstić information content (AvgIpc) is 2.84. The van der Waals surface area contributed by atoms with Gasteiger partial charge < -0.3 is 5.32 Å². The van der Waals surface area contributed by atoms with Gasteiger partial charge in [0.2, 0.25) is 0 Å². The van der Waals surface area contributed by atoms with Crippen molar-refractivity contribution >= 4 is 11.3 Å². The van der Waals surface area contributed by atoms with Gasteiger partial charge in [0.05, 0.1) is 5.69 Å². The van der Waals surface area contributed by atoms with Gasteiger partial charge in [0.15, 0.2) is 0 Å². The Hall–Kier alpha value is -0.450. The number of piperidine rings is 1. The molecule has 1 saturated heterocycles. The summed E-state index contributed by atoms with van der Waals surface area (Å²) < 4.78 is 0. The zero-order valence-corrected chi connectivity index (χ0v) is 14.2. The fourth-order valence-electron chi connectivity index (χ4n) is 2.80. The summed E-state index contributed by atoms with van der Waals surface area (Å²) >= 11 is 1.79. The van der Waals surface area contributed by atoms with Crippen molar-refractivity contribution in [1.82, 2.24) is 15.2 Å². The molecule has 2 heterocycles. The van der Waals surface area contributed by atoms with Crippen LogP contribution < -0.4 is 5.32 Å². The standard InChI is InChI=1S/C16H29N3S/c1-12(2)14-5-7-19(8-6-14)10-15-11-20-16(18-15)9-17-13(3)4/h11-14,17H,5-10H2,1-4H3. The molecule has 1 aromatic heterocycles. The molecule has 0 unspecified atom stereocenters. The molecule has 0 spiro atoms. The summed E-state index contributed by atoms with van der Waals surface area (Å²) in [6, 6.07) is 0.525. The zero-order valence-electron chi connectivity index (χ0n) is 13.4. The van der Waals surface area contributed by atoms with Gasteiger partial charge in [-0.1, -0.05) is 27.7 Å². The van der Waals surface area contributed by atoms with E-state index in [1.54, 1.807) is 11.3 Å². The Bertz CT molecular complexity index is 392. The zero-order chi connectivity index (χ0) is 14.5. The largest absolute Gasteiger partial charge is 0.308 e. The Kier molecular flexibility index (Phi) is 6.00. The minimum Gasteiger partial charge on any atom is -0.308 e. The van der Waals surface area contributed by atoms with Crippen LogP contribution >= 0.6 is 11.3 Å². The van der Waals surface area contributed by atoms with Crippen LogP contribution in [0.15, 0.2) is 5.38 Å². The van der Waals surface area contributed by atoms with Crippen molar-refractivity contribution in [2.24, 2.45) is 11.8 Å². The third kappa shape index (κ3) is 4.83. The first kappa shape index (κ1) is 15.9. The number of hydrogen-bond donors (Lipinski definition) is 1. The van der Waals surface area contributed by atoms with Crippen molar-refractivity contribution in [3.05, 3.63) is 16.1 Å². The summed E-state index contributed by atoms with van der Waals surface area (Å²) in [7, 11) is 0. The number of aromatic nitrogens is 1. The molecule has 1 aliphatic rings. The van der Waals surface area contributed by atoms with Crippen molar-refractivity contribution in [3.63, 3.8) is 0 Å². The van der Waals surface area contributed by atoms with E-state index in [1.165, 1.54) is 36.6 Å². The van der Waals surface area contributed by atoms with Crippen molar-refractivity contribution in [2.75, 3.05) is 13.1 Å². The normalized spacial score (nSPS) is 18.3. The smallest absolute Gasteiger partial charge is 0.107 e. The van der Waals surface area contributed by atoms with Crippen molar-refractivity contribution in [1.29, 1.82) is 0 Å². The quantitative estimate of drug-likeness (QED) is 0.870. The lowest BCUT2D eigenvalue weighted by Crippen LogP contribution is -2.34. The fraction of sp³-hybridized carbons (Fsp3) is 0.812. The molecule has 1 aliphatic heterocycles. The van der Waals surface area contributed by atoms with Gasteiger partial charge in [0.1, 0.15) is 5.01 Å². The number of likely N-dealkylation sites (tertiary alicyclic amines) is 1. The molecule has 0 amide bonds. The molecular weight excluding hydrogens is 266 g/mol. The van der Waals surface area contributed by atoms with Gasteiger partial charge in [0.25, 0.3) is 0 Å². The first-order valence-corrected chi connectivity index (χ1v) is 8.81. The van der Waals surface area contributed by atoms with E-state index in [0.717, 1.165) is 24.9 Å². The summed E-state index contributed by atoms with van der Waals surface area (Å²) in [5.74, 6) is 1.76. The van der Waals surface area contributed by atoms with Gasteiger partial charge in [0, 0.05) is 24.5 Å². The summed E-state index contributed by atoms with van der Waals surface area (Å²) in [5.41, 5.74) is 1.25. The van der Waals surface area contributed by atoms with E-state index in [0.29, 0.717) is 6.04 Å². The van der Waals surface area contributed by atoms with E-state index in [2.05, 4.69) is 43.3 Å². The van der Waals surface area contributed by atoms with Crippen molar-refractivity contribution in [2.45, 2.75) is 59.7 Å². The minimum absolute atomic E-state index is 0.525. The molecule has 1 N–H and O–H groups in total. The first-order chi connectivity index (χ1) is 9.54. The number of nitrogens with zero attached hydrogens (tertiary/aromatic N) is 2. The van der Waals surface area contributed by atoms with Gasteiger partial charge in [-0.25, -0.2) is 4.98 Å². The molecule has 114 valence electrons. The number of nitrogens with one attached hydrogen (secondary N) is 1. The monoisotopic (exact) mass is 295 g/mol. The van der Waals surface area contributed by atoms with Crippen LogP contribution in [0, 0.1) is 11.8 Å². The van der Waals surface area contributed by atoms with Crippen LogP contribution in [0.25, 0.3) is 0 Å². The average molecular weight is 295 g/mol. The number of hydrogen-bond acceptors (Lipinski definition) is 4. The van der Waals surface area contributed by atoms with Crippen LogP contribution in [-0.4, -0.2) is 29.0 Å². The molecule has 0 atom stereocenters. The highest BCUT2D eigenvalue weighted by Gasteiger charge is 2.21. The van der Waals surface area contributed by atoms with Crippen LogP contribution in [0.1, 0.15) is 51.2 Å². The van der Waals surface area contributed by atoms with Crippen LogP contribution in [0.5, 0.6) is 0 Å². The molecule has 0 radical (unpaired) electrons. The summed E-state index contributed by atoms with van der Waals surface area (Å²) in [6.45, 7) is 13.5. The van der Waals surface area contributed by atoms with Gasteiger partial charge >= 0.3 is 0 Å². The summed E-state index contributed by atoms with van der Waals surface area (Å²) in [6.07, 6.45) is 2.70. The summed E-state index contributed by atoms with van der Waals surface area (Å²) in [5, 5.41) is 6.87. The SMILES string of the molecule is CC(C)NCc1nc(CN2CCC(C(C)C)CC2)cs1. The Labute approximate surface area is 127 Å². The Morgan fingerprint density at radius 3 is 2.60 bits per heavy atom. The lowest BCUT2D eigenvalue weighted by Gasteiger charge is -2.33. The molecule has 4 heteroatoms. The third-order valence-corrected chi connectivity index (χ3v) is 5.12. The predicted molar refractivity (Wildman–Crippen MR) is 86.9 cm³/mol. The highest BCUT2D eigenvalue weighted by atomic mass is 32.1. The van der Waals surface area contributed by atoms with Crippen LogP contribution in [0.3, 0.4) is 0 Å². The van der Waals surface area contributed by atoms with E-state index < -0.39 is 0 Å². The molecule has 0 saturated carbocycles. The second-order valence-corrected chi connectivity index (χ2v) is 7.57. The van der Waals surface area contributed by atoms with E-state index in [4.69, 9.17) is 4.98 Å². The molecule has 2 rings (SSSR count). The van der Waals surface area contributed by atoms with Crippen molar-refractivity contribution in [3.8, 4) is 0 Å². The minimum atomic E-state index is 0.525. The van der Waals surface area contributed by atoms with E-state index in [-0.39, 0.29) is 0 Å². The van der Waals surface area contributed by atoms with Gasteiger partial charge in [-0.05, 0) is 37.8 Å². The van der Waals surface area contributed by atoms with E-state index in [1.807, 2.05) is 0 Å². The summed E-state index contributed by atoms with van der Waals surface area (Å²) in [4.78, 5) is 7.31. The Morgan fingerprint density at radius 2 is 2.00 bits per heavy atom. The highest BCUT2D eigenvalue weighted by molar-refractivity contribution is 7.09. The molecule has 1 aromatic rings. The maximum absolute atomic E-state index is 4.74. The third-order valence-electron chi connectivity index (χ3n) is 4.22. The predicted octanol–water partition coefficient (Wildman–Crippen LogP) is 3.51. The Balaban J connectivity index is 1.77. The van der Waals surface area contributed by atoms with Crippen molar-refractivity contribution < 1.29 is 0 Å². The fourth-order valence-corrected chi connectivity index (χ4v) is 3.54. The van der Waals surface area contributed by atoms with Crippen LogP contribution in [0.2, 0.25) is 0 Å². The van der Waals surface area contributed by atoms with E-state index >= 15 is 0 Å². The maximum atomic E-state index is 4.74. The molecule has 0 aliphatic carbocycles. The molecular formula is C16H29N3S. The van der Waals surface area contributed by atoms with Crippen LogP contribution in [0.4, 0.5) is 0 Å². The first-order valence-electron chi connectivity index (χ1n) is 7.93. The lowest BCUT2D eigenvalue weighted by molar-refractivity contribution is 0.151. The van der Waals surface area contributed by atoms with E-state index in [9.17, 15) is 0 Å². The molecule has 0 bridgehead atoms. The number of thiazole rings is 1. The molecule has 3 nitrogen and oxygen atoms in total. The Morgan fingerprint density at radius 1 is 1.30 bits per heavy atom. The second-order valence-electron chi connectivity index (χ2n) is 6.63. The maximum Gasteiger partial charge on any atom is 0.107 e. The topological polar surface area (TPSA) is 28.2 Å². The number of rotatable bonds is 6. The second kappa shape index (κ2) is 7.53. The van der Waals surface area contributed by atoms with Gasteiger partial charge in [-0.3, -0.25) is 4.90 Å². The lowest BCUT2D eigenvalue weighted by atomic mass is 9.87. The molecule has 0 aromatic carbocycles. The van der Waals surface area contributed by atoms with Gasteiger partial charge in [-0.15, -0.1) is 11.3 Å². The highest BCUT2D eigenvalue weighted by Crippen LogP contribution is 2.25. The molecule has 1 fully saturated rings. The van der Waals surface area contributed by atoms with Crippen LogP contribution in [-0.2, 0) is 13.1 Å². The van der Waals surface area contributed by atoms with Gasteiger partial charge in [-0.2, -0.15) is 0 Å². The molecule has 20 heavy (non-hydrogen) atoms.